The van der Waals surface area contributed by atoms with Gasteiger partial charge >= 0.3 is 0 Å². The molecule has 2 aromatic heterocycles. The fourth-order valence-electron chi connectivity index (χ4n) is 3.36. The van der Waals surface area contributed by atoms with Gasteiger partial charge in [-0.25, -0.2) is 4.52 Å². The number of aromatic nitrogens is 3. The van der Waals surface area contributed by atoms with Crippen LogP contribution in [0.3, 0.4) is 0 Å². The summed E-state index contributed by atoms with van der Waals surface area (Å²) in [6.07, 6.45) is 12.5. The number of hydrogen-bond donors (Lipinski definition) is 2. The first-order chi connectivity index (χ1) is 9.29. The van der Waals surface area contributed by atoms with E-state index in [-0.39, 0.29) is 6.04 Å². The largest absolute Gasteiger partial charge is 0.271 e. The number of nitrogens with zero attached hydrogens (tertiary/aromatic N) is 3. The number of hydrogen-bond acceptors (Lipinski definition) is 4. The van der Waals surface area contributed by atoms with Crippen molar-refractivity contribution in [3.8, 4) is 0 Å². The van der Waals surface area contributed by atoms with Crippen molar-refractivity contribution in [2.75, 3.05) is 0 Å². The van der Waals surface area contributed by atoms with E-state index in [2.05, 4.69) is 22.4 Å². The van der Waals surface area contributed by atoms with Crippen LogP contribution in [-0.2, 0) is 0 Å². The fourth-order valence-corrected chi connectivity index (χ4v) is 3.36. The van der Waals surface area contributed by atoms with Crippen LogP contribution in [0.2, 0.25) is 0 Å². The predicted octanol–water partition coefficient (Wildman–Crippen LogP) is 2.06. The minimum atomic E-state index is 0.171. The zero-order valence-electron chi connectivity index (χ0n) is 11.3. The lowest BCUT2D eigenvalue weighted by Gasteiger charge is -2.32. The Labute approximate surface area is 113 Å². The van der Waals surface area contributed by atoms with Crippen molar-refractivity contribution in [3.63, 3.8) is 0 Å². The summed E-state index contributed by atoms with van der Waals surface area (Å²) in [4.78, 5) is 4.19. The Morgan fingerprint density at radius 3 is 3.11 bits per heavy atom. The van der Waals surface area contributed by atoms with E-state index in [1.54, 1.807) is 6.20 Å². The van der Waals surface area contributed by atoms with E-state index >= 15 is 0 Å². The van der Waals surface area contributed by atoms with Crippen molar-refractivity contribution in [3.05, 3.63) is 30.4 Å². The molecule has 3 rings (SSSR count). The van der Waals surface area contributed by atoms with E-state index in [0.29, 0.717) is 5.92 Å². The van der Waals surface area contributed by atoms with Crippen molar-refractivity contribution in [2.45, 2.75) is 38.6 Å². The molecule has 1 fully saturated rings. The highest BCUT2D eigenvalue weighted by Gasteiger charge is 2.29. The average Bonchev–Trinajstić information content (AvgIpc) is 2.84. The third kappa shape index (κ3) is 2.35. The SMILES string of the molecule is CC1CCCC(C(NN)c2cnn3ccncc23)C1. The van der Waals surface area contributed by atoms with Gasteiger partial charge in [0.15, 0.2) is 0 Å². The summed E-state index contributed by atoms with van der Waals surface area (Å²) in [6, 6.07) is 0.171. The maximum Gasteiger partial charge on any atom is 0.0893 e. The zero-order valence-corrected chi connectivity index (χ0v) is 11.3. The van der Waals surface area contributed by atoms with Gasteiger partial charge < -0.3 is 0 Å². The van der Waals surface area contributed by atoms with Crippen LogP contribution in [0.5, 0.6) is 0 Å². The van der Waals surface area contributed by atoms with Gasteiger partial charge in [-0.15, -0.1) is 0 Å². The lowest BCUT2D eigenvalue weighted by Crippen LogP contribution is -2.35. The Kier molecular flexibility index (Phi) is 3.48. The number of nitrogens with one attached hydrogen (secondary N) is 1. The summed E-state index contributed by atoms with van der Waals surface area (Å²) in [5, 5.41) is 4.38. The monoisotopic (exact) mass is 259 g/mol. The van der Waals surface area contributed by atoms with Crippen LogP contribution in [0.15, 0.2) is 24.8 Å². The van der Waals surface area contributed by atoms with Gasteiger partial charge in [-0.05, 0) is 24.7 Å². The maximum atomic E-state index is 5.82. The average molecular weight is 259 g/mol. The van der Waals surface area contributed by atoms with E-state index in [1.165, 1.54) is 25.7 Å². The molecule has 0 radical (unpaired) electrons. The molecule has 1 aliphatic carbocycles. The first-order valence-corrected chi connectivity index (χ1v) is 7.03. The first-order valence-electron chi connectivity index (χ1n) is 7.03. The van der Waals surface area contributed by atoms with Gasteiger partial charge in [0.2, 0.25) is 0 Å². The molecule has 102 valence electrons. The highest BCUT2D eigenvalue weighted by atomic mass is 15.3. The van der Waals surface area contributed by atoms with Crippen LogP contribution in [0.1, 0.15) is 44.2 Å². The van der Waals surface area contributed by atoms with Gasteiger partial charge in [0, 0.05) is 18.0 Å². The highest BCUT2D eigenvalue weighted by Crippen LogP contribution is 2.37. The second kappa shape index (κ2) is 5.27. The second-order valence-corrected chi connectivity index (χ2v) is 5.68. The van der Waals surface area contributed by atoms with Crippen LogP contribution in [0, 0.1) is 11.8 Å². The van der Waals surface area contributed by atoms with Gasteiger partial charge in [0.25, 0.3) is 0 Å². The Hall–Kier alpha value is -1.46. The van der Waals surface area contributed by atoms with Crippen molar-refractivity contribution in [2.24, 2.45) is 17.7 Å². The molecule has 5 heteroatoms. The Bertz CT molecular complexity index is 550. The highest BCUT2D eigenvalue weighted by molar-refractivity contribution is 5.53. The third-order valence-electron chi connectivity index (χ3n) is 4.32. The van der Waals surface area contributed by atoms with Crippen molar-refractivity contribution in [1.29, 1.82) is 0 Å². The lowest BCUT2D eigenvalue weighted by molar-refractivity contribution is 0.225. The molecule has 3 N–H and O–H groups in total. The molecule has 0 aromatic carbocycles. The van der Waals surface area contributed by atoms with Gasteiger partial charge in [-0.1, -0.05) is 19.8 Å². The maximum absolute atomic E-state index is 5.82. The second-order valence-electron chi connectivity index (χ2n) is 5.68. The van der Waals surface area contributed by atoms with Gasteiger partial charge in [-0.2, -0.15) is 5.10 Å². The molecule has 0 saturated heterocycles. The predicted molar refractivity (Wildman–Crippen MR) is 74.2 cm³/mol. The van der Waals surface area contributed by atoms with E-state index in [4.69, 9.17) is 5.84 Å². The number of nitrogens with two attached hydrogens (primary N) is 1. The van der Waals surface area contributed by atoms with Gasteiger partial charge in [0.1, 0.15) is 0 Å². The van der Waals surface area contributed by atoms with Crippen LogP contribution >= 0.6 is 0 Å². The number of fused-ring (bicyclic) bond motifs is 1. The molecule has 0 spiro atoms. The molecular weight excluding hydrogens is 238 g/mol. The normalized spacial score (nSPS) is 25.6. The lowest BCUT2D eigenvalue weighted by atomic mass is 9.77. The molecule has 19 heavy (non-hydrogen) atoms. The van der Waals surface area contributed by atoms with Gasteiger partial charge in [-0.3, -0.25) is 16.3 Å². The molecule has 0 bridgehead atoms. The summed E-state index contributed by atoms with van der Waals surface area (Å²) >= 11 is 0. The molecule has 1 saturated carbocycles. The van der Waals surface area contributed by atoms with E-state index in [9.17, 15) is 0 Å². The molecule has 0 amide bonds. The van der Waals surface area contributed by atoms with Crippen LogP contribution < -0.4 is 11.3 Å². The first kappa shape index (κ1) is 12.6. The minimum Gasteiger partial charge on any atom is -0.271 e. The quantitative estimate of drug-likeness (QED) is 0.654. The molecule has 1 aliphatic rings. The van der Waals surface area contributed by atoms with Crippen molar-refractivity contribution < 1.29 is 0 Å². The summed E-state index contributed by atoms with van der Waals surface area (Å²) in [5.74, 6) is 7.20. The van der Waals surface area contributed by atoms with E-state index in [1.807, 2.05) is 23.1 Å². The standard InChI is InChI=1S/C14H21N5/c1-10-3-2-4-11(7-10)14(18-15)12-8-17-19-6-5-16-9-13(12)19/h5-6,8-11,14,18H,2-4,7,15H2,1H3. The molecule has 3 unspecified atom stereocenters. The van der Waals surface area contributed by atoms with E-state index < -0.39 is 0 Å². The summed E-state index contributed by atoms with van der Waals surface area (Å²) in [7, 11) is 0. The number of rotatable bonds is 3. The van der Waals surface area contributed by atoms with Crippen molar-refractivity contribution in [1.82, 2.24) is 20.0 Å². The summed E-state index contributed by atoms with van der Waals surface area (Å²) in [6.45, 7) is 2.33. The minimum absolute atomic E-state index is 0.171. The summed E-state index contributed by atoms with van der Waals surface area (Å²) in [5.41, 5.74) is 5.21. The smallest absolute Gasteiger partial charge is 0.0893 e. The molecule has 2 heterocycles. The zero-order chi connectivity index (χ0) is 13.2. The molecule has 3 atom stereocenters. The molecular formula is C14H21N5. The van der Waals surface area contributed by atoms with Gasteiger partial charge in [0.05, 0.1) is 24.0 Å². The van der Waals surface area contributed by atoms with Crippen molar-refractivity contribution >= 4 is 5.52 Å². The van der Waals surface area contributed by atoms with Crippen LogP contribution in [-0.4, -0.2) is 14.6 Å². The summed E-state index contributed by atoms with van der Waals surface area (Å²) < 4.78 is 1.86. The molecule has 0 aliphatic heterocycles. The fraction of sp³-hybridized carbons (Fsp3) is 0.571. The molecule has 2 aromatic rings. The molecule has 5 nitrogen and oxygen atoms in total. The Morgan fingerprint density at radius 2 is 2.32 bits per heavy atom. The van der Waals surface area contributed by atoms with E-state index in [0.717, 1.165) is 17.0 Å². The third-order valence-corrected chi connectivity index (χ3v) is 4.32. The Morgan fingerprint density at radius 1 is 1.42 bits per heavy atom. The number of hydrazine groups is 1. The topological polar surface area (TPSA) is 68.2 Å². The Balaban J connectivity index is 1.93. The van der Waals surface area contributed by atoms with Crippen LogP contribution in [0.25, 0.3) is 5.52 Å². The van der Waals surface area contributed by atoms with Crippen LogP contribution in [0.4, 0.5) is 0 Å².